The normalized spacial score (nSPS) is 21.0. The lowest BCUT2D eigenvalue weighted by Crippen LogP contribution is -2.17. The molecule has 0 aromatic carbocycles. The Morgan fingerprint density at radius 2 is 2.30 bits per heavy atom. The Labute approximate surface area is 67.5 Å². The summed E-state index contributed by atoms with van der Waals surface area (Å²) in [7, 11) is 0. The van der Waals surface area contributed by atoms with Crippen LogP contribution in [0.3, 0.4) is 0 Å². The first-order chi connectivity index (χ1) is 4.72. The highest BCUT2D eigenvalue weighted by molar-refractivity contribution is 9.10. The average molecular weight is 202 g/mol. The summed E-state index contributed by atoms with van der Waals surface area (Å²) in [6.45, 7) is 0. The van der Waals surface area contributed by atoms with Crippen LogP contribution in [0.4, 0.5) is 0 Å². The Bertz CT molecular complexity index is 252. The number of hydrogen-bond acceptors (Lipinski definition) is 2. The molecule has 0 atom stereocenters. The SMILES string of the molecule is NC1(c2ccoc2Br)CC1. The zero-order valence-corrected chi connectivity index (χ0v) is 7.02. The van der Waals surface area contributed by atoms with Crippen molar-refractivity contribution in [3.8, 4) is 0 Å². The molecule has 1 aromatic heterocycles. The van der Waals surface area contributed by atoms with E-state index in [4.69, 9.17) is 10.2 Å². The minimum absolute atomic E-state index is 0.0775. The molecule has 1 aromatic rings. The second kappa shape index (κ2) is 1.86. The molecule has 1 fully saturated rings. The second-order valence-electron chi connectivity index (χ2n) is 2.76. The number of hydrogen-bond donors (Lipinski definition) is 1. The first kappa shape index (κ1) is 6.43. The van der Waals surface area contributed by atoms with Crippen molar-refractivity contribution in [3.63, 3.8) is 0 Å². The molecule has 1 heterocycles. The molecule has 1 aliphatic carbocycles. The molecular weight excluding hydrogens is 194 g/mol. The van der Waals surface area contributed by atoms with Gasteiger partial charge in [0.25, 0.3) is 0 Å². The van der Waals surface area contributed by atoms with Crippen LogP contribution in [0.25, 0.3) is 0 Å². The quantitative estimate of drug-likeness (QED) is 0.756. The van der Waals surface area contributed by atoms with Crippen LogP contribution < -0.4 is 5.73 Å². The van der Waals surface area contributed by atoms with Gasteiger partial charge in [-0.25, -0.2) is 0 Å². The predicted molar refractivity (Wildman–Crippen MR) is 41.5 cm³/mol. The highest BCUT2D eigenvalue weighted by Gasteiger charge is 2.42. The Balaban J connectivity index is 2.42. The van der Waals surface area contributed by atoms with Gasteiger partial charge in [0.05, 0.1) is 6.26 Å². The highest BCUT2D eigenvalue weighted by Crippen LogP contribution is 2.45. The zero-order chi connectivity index (χ0) is 7.19. The molecule has 3 heteroatoms. The van der Waals surface area contributed by atoms with Gasteiger partial charge in [0.15, 0.2) is 4.67 Å². The maximum atomic E-state index is 5.92. The summed E-state index contributed by atoms with van der Waals surface area (Å²) >= 11 is 3.30. The Hall–Kier alpha value is -0.280. The van der Waals surface area contributed by atoms with Crippen molar-refractivity contribution in [2.24, 2.45) is 5.73 Å². The maximum Gasteiger partial charge on any atom is 0.173 e. The van der Waals surface area contributed by atoms with Gasteiger partial charge in [0.2, 0.25) is 0 Å². The second-order valence-corrected chi connectivity index (χ2v) is 3.48. The molecule has 2 N–H and O–H groups in total. The molecule has 0 saturated heterocycles. The lowest BCUT2D eigenvalue weighted by atomic mass is 10.1. The highest BCUT2D eigenvalue weighted by atomic mass is 79.9. The van der Waals surface area contributed by atoms with Gasteiger partial charge in [-0.15, -0.1) is 0 Å². The fraction of sp³-hybridized carbons (Fsp3) is 0.429. The summed E-state index contributed by atoms with van der Waals surface area (Å²) in [6, 6.07) is 1.93. The van der Waals surface area contributed by atoms with E-state index in [2.05, 4.69) is 15.9 Å². The third kappa shape index (κ3) is 0.812. The van der Waals surface area contributed by atoms with Gasteiger partial charge in [-0.05, 0) is 34.8 Å². The van der Waals surface area contributed by atoms with E-state index in [-0.39, 0.29) is 5.54 Å². The number of rotatable bonds is 1. The molecule has 0 aliphatic heterocycles. The minimum Gasteiger partial charge on any atom is -0.457 e. The van der Waals surface area contributed by atoms with Crippen LogP contribution in [0.1, 0.15) is 18.4 Å². The van der Waals surface area contributed by atoms with Crippen molar-refractivity contribution in [3.05, 3.63) is 22.6 Å². The summed E-state index contributed by atoms with van der Waals surface area (Å²) in [5.41, 5.74) is 6.95. The third-order valence-corrected chi connectivity index (χ3v) is 2.56. The Kier molecular flexibility index (Phi) is 1.20. The summed E-state index contributed by atoms with van der Waals surface area (Å²) in [6.07, 6.45) is 3.81. The summed E-state index contributed by atoms with van der Waals surface area (Å²) in [5, 5.41) is 0. The number of nitrogens with two attached hydrogens (primary N) is 1. The van der Waals surface area contributed by atoms with Gasteiger partial charge in [-0.3, -0.25) is 0 Å². The fourth-order valence-corrected chi connectivity index (χ4v) is 1.69. The molecule has 0 unspecified atom stereocenters. The van der Waals surface area contributed by atoms with Gasteiger partial charge in [0, 0.05) is 11.1 Å². The van der Waals surface area contributed by atoms with E-state index in [0.717, 1.165) is 23.1 Å². The van der Waals surface area contributed by atoms with Crippen LogP contribution in [-0.4, -0.2) is 0 Å². The molecule has 0 amide bonds. The first-order valence-electron chi connectivity index (χ1n) is 3.25. The third-order valence-electron chi connectivity index (χ3n) is 1.94. The van der Waals surface area contributed by atoms with Gasteiger partial charge in [-0.2, -0.15) is 0 Å². The van der Waals surface area contributed by atoms with E-state index in [9.17, 15) is 0 Å². The van der Waals surface area contributed by atoms with Crippen molar-refractivity contribution < 1.29 is 4.42 Å². The van der Waals surface area contributed by atoms with Crippen molar-refractivity contribution in [1.82, 2.24) is 0 Å². The lowest BCUT2D eigenvalue weighted by molar-refractivity contribution is 0.530. The van der Waals surface area contributed by atoms with Gasteiger partial charge < -0.3 is 10.2 Å². The molecule has 0 spiro atoms. The molecule has 1 aliphatic rings. The molecule has 54 valence electrons. The predicted octanol–water partition coefficient (Wildman–Crippen LogP) is 1.99. The standard InChI is InChI=1S/C7H8BrNO/c8-6-5(1-4-10-6)7(9)2-3-7/h1,4H,2-3,9H2. The van der Waals surface area contributed by atoms with E-state index in [1.54, 1.807) is 6.26 Å². The van der Waals surface area contributed by atoms with Crippen molar-refractivity contribution in [2.75, 3.05) is 0 Å². The fourth-order valence-electron chi connectivity index (χ4n) is 1.06. The molecule has 10 heavy (non-hydrogen) atoms. The van der Waals surface area contributed by atoms with Crippen LogP contribution in [0.2, 0.25) is 0 Å². The summed E-state index contributed by atoms with van der Waals surface area (Å²) < 4.78 is 5.85. The lowest BCUT2D eigenvalue weighted by Gasteiger charge is -2.03. The monoisotopic (exact) mass is 201 g/mol. The topological polar surface area (TPSA) is 39.2 Å². The van der Waals surface area contributed by atoms with E-state index in [1.165, 1.54) is 0 Å². The van der Waals surface area contributed by atoms with Crippen molar-refractivity contribution in [1.29, 1.82) is 0 Å². The summed E-state index contributed by atoms with van der Waals surface area (Å²) in [5.74, 6) is 0. The van der Waals surface area contributed by atoms with E-state index >= 15 is 0 Å². The van der Waals surface area contributed by atoms with Crippen LogP contribution in [0.5, 0.6) is 0 Å². The molecule has 1 saturated carbocycles. The largest absolute Gasteiger partial charge is 0.457 e. The van der Waals surface area contributed by atoms with Crippen LogP contribution in [-0.2, 0) is 5.54 Å². The van der Waals surface area contributed by atoms with Crippen LogP contribution in [0.15, 0.2) is 21.4 Å². The van der Waals surface area contributed by atoms with E-state index < -0.39 is 0 Å². The summed E-state index contributed by atoms with van der Waals surface area (Å²) in [4.78, 5) is 0. The zero-order valence-electron chi connectivity index (χ0n) is 5.43. The Morgan fingerprint density at radius 3 is 2.70 bits per heavy atom. The van der Waals surface area contributed by atoms with Gasteiger partial charge in [0.1, 0.15) is 0 Å². The molecule has 0 radical (unpaired) electrons. The maximum absolute atomic E-state index is 5.92. The van der Waals surface area contributed by atoms with Crippen LogP contribution in [0, 0.1) is 0 Å². The number of furan rings is 1. The molecule has 0 bridgehead atoms. The minimum atomic E-state index is -0.0775. The Morgan fingerprint density at radius 1 is 1.60 bits per heavy atom. The van der Waals surface area contributed by atoms with E-state index in [1.807, 2.05) is 6.07 Å². The average Bonchev–Trinajstić information content (AvgIpc) is 2.44. The van der Waals surface area contributed by atoms with Crippen LogP contribution >= 0.6 is 15.9 Å². The molecule has 2 nitrogen and oxygen atoms in total. The number of halogens is 1. The van der Waals surface area contributed by atoms with E-state index in [0.29, 0.717) is 0 Å². The molecular formula is C7H8BrNO. The van der Waals surface area contributed by atoms with Gasteiger partial charge >= 0.3 is 0 Å². The van der Waals surface area contributed by atoms with Crippen molar-refractivity contribution in [2.45, 2.75) is 18.4 Å². The molecule has 2 rings (SSSR count). The van der Waals surface area contributed by atoms with Crippen molar-refractivity contribution >= 4 is 15.9 Å². The smallest absolute Gasteiger partial charge is 0.173 e. The first-order valence-corrected chi connectivity index (χ1v) is 4.04. The van der Waals surface area contributed by atoms with Gasteiger partial charge in [-0.1, -0.05) is 0 Å².